The van der Waals surface area contributed by atoms with E-state index in [1.807, 2.05) is 31.2 Å². The topological polar surface area (TPSA) is 84.0 Å². The molecule has 0 bridgehead atoms. The van der Waals surface area contributed by atoms with Crippen LogP contribution in [0.4, 0.5) is 18.3 Å². The minimum Gasteiger partial charge on any atom is -0.350 e. The van der Waals surface area contributed by atoms with Gasteiger partial charge in [-0.15, -0.1) is 11.3 Å². The highest BCUT2D eigenvalue weighted by atomic mass is 32.2. The van der Waals surface area contributed by atoms with Gasteiger partial charge in [-0.3, -0.25) is 14.9 Å². The fraction of sp³-hybridized carbons (Fsp3) is 0.200. The van der Waals surface area contributed by atoms with Crippen molar-refractivity contribution in [3.05, 3.63) is 59.1 Å². The molecule has 11 heteroatoms. The summed E-state index contributed by atoms with van der Waals surface area (Å²) in [5, 5.41) is 6.89. The number of hydrogen-bond donors (Lipinski definition) is 2. The van der Waals surface area contributed by atoms with Crippen LogP contribution in [0.15, 0.2) is 53.0 Å². The van der Waals surface area contributed by atoms with Crippen molar-refractivity contribution in [3.8, 4) is 11.3 Å². The highest BCUT2D eigenvalue weighted by Crippen LogP contribution is 2.37. The van der Waals surface area contributed by atoms with Gasteiger partial charge < -0.3 is 5.32 Å². The fourth-order valence-electron chi connectivity index (χ4n) is 2.71. The van der Waals surface area contributed by atoms with Crippen molar-refractivity contribution in [1.29, 1.82) is 0 Å². The molecule has 0 aliphatic carbocycles. The lowest BCUT2D eigenvalue weighted by molar-refractivity contribution is -0.119. The van der Waals surface area contributed by atoms with Gasteiger partial charge in [-0.25, -0.2) is 9.97 Å². The van der Waals surface area contributed by atoms with Crippen LogP contribution in [0.5, 0.6) is 0 Å². The molecule has 2 heterocycles. The summed E-state index contributed by atoms with van der Waals surface area (Å²) in [6, 6.07) is 9.95. The van der Waals surface area contributed by atoms with Gasteiger partial charge in [0.15, 0.2) is 5.13 Å². The molecule has 6 nitrogen and oxygen atoms in total. The Morgan fingerprint density at radius 2 is 1.87 bits per heavy atom. The molecule has 0 saturated carbocycles. The number of rotatable bonds is 6. The zero-order valence-electron chi connectivity index (χ0n) is 16.4. The van der Waals surface area contributed by atoms with E-state index >= 15 is 0 Å². The molecule has 2 amide bonds. The maximum absolute atomic E-state index is 12.7. The molecular weight excluding hydrogens is 449 g/mol. The van der Waals surface area contributed by atoms with Crippen LogP contribution < -0.4 is 10.6 Å². The molecule has 2 N–H and O–H groups in total. The molecule has 0 radical (unpaired) electrons. The maximum atomic E-state index is 12.7. The number of amides is 2. The summed E-state index contributed by atoms with van der Waals surface area (Å²) in [5.41, 5.74) is -2.41. The van der Waals surface area contributed by atoms with Gasteiger partial charge in [0.2, 0.25) is 5.91 Å². The van der Waals surface area contributed by atoms with Crippen molar-refractivity contribution >= 4 is 40.0 Å². The predicted molar refractivity (Wildman–Crippen MR) is 114 cm³/mol. The van der Waals surface area contributed by atoms with Crippen molar-refractivity contribution in [2.45, 2.75) is 30.4 Å². The third-order valence-electron chi connectivity index (χ3n) is 4.08. The lowest BCUT2D eigenvalue weighted by Crippen LogP contribution is -2.23. The van der Waals surface area contributed by atoms with E-state index < -0.39 is 28.2 Å². The largest absolute Gasteiger partial charge is 0.447 e. The number of anilines is 1. The van der Waals surface area contributed by atoms with Crippen molar-refractivity contribution < 1.29 is 22.8 Å². The molecule has 0 spiro atoms. The van der Waals surface area contributed by atoms with E-state index in [0.29, 0.717) is 5.69 Å². The van der Waals surface area contributed by atoms with E-state index in [9.17, 15) is 22.8 Å². The van der Waals surface area contributed by atoms with Crippen molar-refractivity contribution in [3.63, 3.8) is 0 Å². The Kier molecular flexibility index (Phi) is 6.96. The first kappa shape index (κ1) is 22.8. The standard InChI is InChI=1S/C20H17F3N4O2S2/c1-11(25-12(2)28)13-5-7-14(8-6-13)16-10-30-19(26-16)27-17(29)15-4-3-9-24-18(15)31-20(21,22)23/h3-11H,1-2H3,(H,25,28)(H,26,27,29). The Labute approximate surface area is 184 Å². The molecule has 2 aromatic heterocycles. The Balaban J connectivity index is 1.72. The summed E-state index contributed by atoms with van der Waals surface area (Å²) in [7, 11) is 0. The lowest BCUT2D eigenvalue weighted by Gasteiger charge is -2.13. The number of hydrogen-bond acceptors (Lipinski definition) is 6. The molecule has 31 heavy (non-hydrogen) atoms. The van der Waals surface area contributed by atoms with E-state index in [2.05, 4.69) is 20.6 Å². The molecule has 0 aliphatic heterocycles. The number of benzene rings is 1. The second-order valence-electron chi connectivity index (χ2n) is 6.44. The van der Waals surface area contributed by atoms with Gasteiger partial charge in [0.05, 0.1) is 17.3 Å². The first-order valence-corrected chi connectivity index (χ1v) is 10.7. The van der Waals surface area contributed by atoms with Crippen molar-refractivity contribution in [2.24, 2.45) is 0 Å². The second-order valence-corrected chi connectivity index (χ2v) is 8.35. The Morgan fingerprint density at radius 3 is 2.52 bits per heavy atom. The number of nitrogens with one attached hydrogen (secondary N) is 2. The number of thioether (sulfide) groups is 1. The van der Waals surface area contributed by atoms with E-state index in [1.165, 1.54) is 25.3 Å². The molecule has 0 aliphatic rings. The summed E-state index contributed by atoms with van der Waals surface area (Å²) in [6.07, 6.45) is 1.20. The number of alkyl halides is 3. The summed E-state index contributed by atoms with van der Waals surface area (Å²) in [5.74, 6) is -0.845. The Bertz CT molecular complexity index is 1080. The van der Waals surface area contributed by atoms with Gasteiger partial charge in [-0.2, -0.15) is 13.2 Å². The van der Waals surface area contributed by atoms with E-state index in [1.54, 1.807) is 5.38 Å². The second kappa shape index (κ2) is 9.48. The Morgan fingerprint density at radius 1 is 1.16 bits per heavy atom. The first-order valence-electron chi connectivity index (χ1n) is 8.97. The quantitative estimate of drug-likeness (QED) is 0.484. The average molecular weight is 467 g/mol. The van der Waals surface area contributed by atoms with E-state index in [4.69, 9.17) is 0 Å². The monoisotopic (exact) mass is 466 g/mol. The third-order valence-corrected chi connectivity index (χ3v) is 5.59. The lowest BCUT2D eigenvalue weighted by atomic mass is 10.1. The first-order chi connectivity index (χ1) is 14.6. The predicted octanol–water partition coefficient (Wildman–Crippen LogP) is 5.27. The molecule has 0 fully saturated rings. The Hall–Kier alpha value is -2.92. The van der Waals surface area contributed by atoms with Crippen LogP contribution in [0.2, 0.25) is 0 Å². The molecule has 1 unspecified atom stereocenters. The summed E-state index contributed by atoms with van der Waals surface area (Å²) < 4.78 is 38.1. The molecule has 162 valence electrons. The van der Waals surface area contributed by atoms with Gasteiger partial charge in [-0.05, 0) is 24.6 Å². The number of halogens is 3. The number of aromatic nitrogens is 2. The zero-order chi connectivity index (χ0) is 22.6. The van der Waals surface area contributed by atoms with Gasteiger partial charge >= 0.3 is 5.51 Å². The van der Waals surface area contributed by atoms with Gasteiger partial charge in [0.25, 0.3) is 5.91 Å². The number of pyridine rings is 1. The van der Waals surface area contributed by atoms with E-state index in [0.717, 1.165) is 22.5 Å². The van der Waals surface area contributed by atoms with Crippen LogP contribution in [0.1, 0.15) is 35.8 Å². The molecular formula is C20H17F3N4O2S2. The van der Waals surface area contributed by atoms with Gasteiger partial charge in [0, 0.05) is 35.8 Å². The molecule has 3 aromatic rings. The van der Waals surface area contributed by atoms with E-state index in [-0.39, 0.29) is 22.6 Å². The maximum Gasteiger partial charge on any atom is 0.447 e. The van der Waals surface area contributed by atoms with Crippen molar-refractivity contribution in [2.75, 3.05) is 5.32 Å². The van der Waals surface area contributed by atoms with Crippen molar-refractivity contribution in [1.82, 2.24) is 15.3 Å². The highest BCUT2D eigenvalue weighted by Gasteiger charge is 2.32. The number of carbonyl (C=O) groups is 2. The average Bonchev–Trinajstić information content (AvgIpc) is 3.15. The SMILES string of the molecule is CC(=O)NC(C)c1ccc(-c2csc(NC(=O)c3cccnc3SC(F)(F)F)n2)cc1. The third kappa shape index (κ3) is 6.28. The number of nitrogens with zero attached hydrogens (tertiary/aromatic N) is 2. The van der Waals surface area contributed by atoms with Crippen LogP contribution >= 0.6 is 23.1 Å². The zero-order valence-corrected chi connectivity index (χ0v) is 18.0. The number of thiazole rings is 1. The fourth-order valence-corrected chi connectivity index (χ4v) is 4.03. The highest BCUT2D eigenvalue weighted by molar-refractivity contribution is 8.00. The van der Waals surface area contributed by atoms with Gasteiger partial charge in [0.1, 0.15) is 5.03 Å². The molecule has 1 aromatic carbocycles. The summed E-state index contributed by atoms with van der Waals surface area (Å²) >= 11 is 0.716. The smallest absolute Gasteiger partial charge is 0.350 e. The molecule has 1 atom stereocenters. The van der Waals surface area contributed by atoms with Gasteiger partial charge in [-0.1, -0.05) is 24.3 Å². The molecule has 3 rings (SSSR count). The summed E-state index contributed by atoms with van der Waals surface area (Å²) in [4.78, 5) is 31.7. The molecule has 0 saturated heterocycles. The normalized spacial score (nSPS) is 12.3. The van der Waals surface area contributed by atoms with Crippen LogP contribution in [-0.2, 0) is 4.79 Å². The van der Waals surface area contributed by atoms with Crippen LogP contribution in [-0.4, -0.2) is 27.3 Å². The minimum atomic E-state index is -4.55. The summed E-state index contributed by atoms with van der Waals surface area (Å²) in [6.45, 7) is 3.32. The van der Waals surface area contributed by atoms with Crippen LogP contribution in [0, 0.1) is 0 Å². The van der Waals surface area contributed by atoms with Crippen LogP contribution in [0.25, 0.3) is 11.3 Å². The van der Waals surface area contributed by atoms with Crippen LogP contribution in [0.3, 0.4) is 0 Å². The minimum absolute atomic E-state index is 0.123. The number of carbonyl (C=O) groups excluding carboxylic acids is 2.